The highest BCUT2D eigenvalue weighted by Gasteiger charge is 2.18. The topological polar surface area (TPSA) is 66.4 Å². The minimum atomic E-state index is -1.22. The maximum atomic E-state index is 12.2. The second-order valence-corrected chi connectivity index (χ2v) is 5.14. The number of hydrogen-bond acceptors (Lipinski definition) is 2. The molecule has 0 aromatic heterocycles. The Bertz CT molecular complexity index is 729. The number of benzene rings is 2. The lowest BCUT2D eigenvalue weighted by atomic mass is 10.1. The van der Waals surface area contributed by atoms with Gasteiger partial charge in [0.25, 0.3) is 5.91 Å². The summed E-state index contributed by atoms with van der Waals surface area (Å²) in [6.07, 6.45) is 0. The number of carboxylic acid groups (broad SMARTS) is 1. The van der Waals surface area contributed by atoms with Gasteiger partial charge in [0.1, 0.15) is 5.56 Å². The molecule has 0 radical (unpaired) electrons. The molecule has 21 heavy (non-hydrogen) atoms. The van der Waals surface area contributed by atoms with E-state index in [0.717, 1.165) is 5.56 Å². The molecule has 6 heteroatoms. The van der Waals surface area contributed by atoms with E-state index in [4.69, 9.17) is 28.3 Å². The summed E-state index contributed by atoms with van der Waals surface area (Å²) in [6, 6.07) is 9.52. The molecule has 0 bridgehead atoms. The molecule has 2 aromatic rings. The predicted molar refractivity (Wildman–Crippen MR) is 82.6 cm³/mol. The molecule has 2 rings (SSSR count). The van der Waals surface area contributed by atoms with Crippen LogP contribution in [0.15, 0.2) is 36.4 Å². The molecule has 0 aliphatic carbocycles. The zero-order valence-electron chi connectivity index (χ0n) is 11.0. The summed E-state index contributed by atoms with van der Waals surface area (Å²) in [5.41, 5.74) is 0.996. The number of rotatable bonds is 3. The van der Waals surface area contributed by atoms with Crippen LogP contribution in [0.5, 0.6) is 0 Å². The third-order valence-corrected chi connectivity index (χ3v) is 3.73. The summed E-state index contributed by atoms with van der Waals surface area (Å²) in [5, 5.41) is 12.1. The van der Waals surface area contributed by atoms with Crippen LogP contribution >= 0.6 is 23.2 Å². The van der Waals surface area contributed by atoms with Gasteiger partial charge in [-0.2, -0.15) is 0 Å². The molecular weight excluding hydrogens is 313 g/mol. The van der Waals surface area contributed by atoms with E-state index >= 15 is 0 Å². The summed E-state index contributed by atoms with van der Waals surface area (Å²) in [7, 11) is 0. The second-order valence-electron chi connectivity index (χ2n) is 4.36. The van der Waals surface area contributed by atoms with Crippen LogP contribution in [0.2, 0.25) is 10.0 Å². The van der Waals surface area contributed by atoms with E-state index in [-0.39, 0.29) is 21.8 Å². The number of anilines is 1. The van der Waals surface area contributed by atoms with Gasteiger partial charge in [0, 0.05) is 0 Å². The lowest BCUT2D eigenvalue weighted by Gasteiger charge is -2.11. The quantitative estimate of drug-likeness (QED) is 0.887. The minimum Gasteiger partial charge on any atom is -0.478 e. The van der Waals surface area contributed by atoms with Crippen molar-refractivity contribution in [3.05, 3.63) is 63.1 Å². The molecule has 0 unspecified atom stereocenters. The number of hydrogen-bond donors (Lipinski definition) is 2. The van der Waals surface area contributed by atoms with Gasteiger partial charge in [0.05, 0.1) is 21.3 Å². The molecule has 0 spiro atoms. The van der Waals surface area contributed by atoms with Crippen LogP contribution in [0, 0.1) is 6.92 Å². The summed E-state index contributed by atoms with van der Waals surface area (Å²) >= 11 is 11.9. The highest BCUT2D eigenvalue weighted by Crippen LogP contribution is 2.26. The zero-order valence-corrected chi connectivity index (χ0v) is 12.5. The highest BCUT2D eigenvalue weighted by molar-refractivity contribution is 6.36. The number of nitrogens with one attached hydrogen (secondary N) is 1. The van der Waals surface area contributed by atoms with E-state index in [0.29, 0.717) is 5.02 Å². The van der Waals surface area contributed by atoms with E-state index in [9.17, 15) is 9.59 Å². The van der Waals surface area contributed by atoms with Gasteiger partial charge in [0.15, 0.2) is 0 Å². The number of aryl methyl sites for hydroxylation is 1. The Labute approximate surface area is 131 Å². The lowest BCUT2D eigenvalue weighted by Crippen LogP contribution is -2.15. The summed E-state index contributed by atoms with van der Waals surface area (Å²) in [6.45, 7) is 1.78. The molecule has 0 atom stereocenters. The largest absolute Gasteiger partial charge is 0.478 e. The van der Waals surface area contributed by atoms with E-state index < -0.39 is 11.9 Å². The number of halogens is 2. The Morgan fingerprint density at radius 1 is 1.10 bits per heavy atom. The fourth-order valence-corrected chi connectivity index (χ4v) is 2.33. The normalized spacial score (nSPS) is 10.2. The molecular formula is C15H11Cl2NO3. The van der Waals surface area contributed by atoms with Crippen LogP contribution < -0.4 is 5.32 Å². The van der Waals surface area contributed by atoms with Crippen molar-refractivity contribution in [3.63, 3.8) is 0 Å². The monoisotopic (exact) mass is 323 g/mol. The third-order valence-electron chi connectivity index (χ3n) is 2.91. The third kappa shape index (κ3) is 3.17. The Morgan fingerprint density at radius 2 is 1.76 bits per heavy atom. The van der Waals surface area contributed by atoms with Crippen LogP contribution in [0.3, 0.4) is 0 Å². The van der Waals surface area contributed by atoms with Gasteiger partial charge in [-0.3, -0.25) is 4.79 Å². The number of carboxylic acids is 1. The first-order valence-corrected chi connectivity index (χ1v) is 6.75. The lowest BCUT2D eigenvalue weighted by molar-refractivity contribution is 0.0698. The minimum absolute atomic E-state index is 0.0515. The van der Waals surface area contributed by atoms with Crippen molar-refractivity contribution in [3.8, 4) is 0 Å². The number of amides is 1. The van der Waals surface area contributed by atoms with Crippen LogP contribution in [-0.4, -0.2) is 17.0 Å². The molecule has 1 amide bonds. The van der Waals surface area contributed by atoms with Gasteiger partial charge >= 0.3 is 5.97 Å². The van der Waals surface area contributed by atoms with Crippen LogP contribution in [0.25, 0.3) is 0 Å². The molecule has 0 saturated heterocycles. The fourth-order valence-electron chi connectivity index (χ4n) is 1.86. The standard InChI is InChI=1S/C15H11Cl2NO3/c1-8-4-2-5-9(13(8)17)14(19)18-11-7-3-6-10(16)12(11)15(20)21/h2-7H,1H3,(H,18,19)(H,20,21). The average molecular weight is 324 g/mol. The number of carbonyl (C=O) groups excluding carboxylic acids is 1. The highest BCUT2D eigenvalue weighted by atomic mass is 35.5. The molecule has 0 aliphatic rings. The maximum Gasteiger partial charge on any atom is 0.339 e. The molecule has 0 heterocycles. The average Bonchev–Trinajstić information content (AvgIpc) is 2.41. The first kappa shape index (κ1) is 15.4. The first-order chi connectivity index (χ1) is 9.91. The predicted octanol–water partition coefficient (Wildman–Crippen LogP) is 4.25. The Hall–Kier alpha value is -2.04. The van der Waals surface area contributed by atoms with Gasteiger partial charge < -0.3 is 10.4 Å². The van der Waals surface area contributed by atoms with E-state index in [1.54, 1.807) is 31.2 Å². The van der Waals surface area contributed by atoms with Crippen molar-refractivity contribution in [1.82, 2.24) is 0 Å². The van der Waals surface area contributed by atoms with Gasteiger partial charge in [-0.15, -0.1) is 0 Å². The second kappa shape index (κ2) is 6.16. The van der Waals surface area contributed by atoms with Gasteiger partial charge in [-0.1, -0.05) is 41.4 Å². The van der Waals surface area contributed by atoms with Gasteiger partial charge in [0.2, 0.25) is 0 Å². The number of aromatic carboxylic acids is 1. The van der Waals surface area contributed by atoms with Gasteiger partial charge in [-0.05, 0) is 30.7 Å². The molecule has 108 valence electrons. The van der Waals surface area contributed by atoms with Crippen molar-refractivity contribution < 1.29 is 14.7 Å². The van der Waals surface area contributed by atoms with Crippen molar-refractivity contribution >= 4 is 40.8 Å². The zero-order chi connectivity index (χ0) is 15.6. The van der Waals surface area contributed by atoms with E-state index in [1.165, 1.54) is 12.1 Å². The molecule has 0 saturated carbocycles. The van der Waals surface area contributed by atoms with E-state index in [1.807, 2.05) is 0 Å². The van der Waals surface area contributed by atoms with Crippen molar-refractivity contribution in [2.24, 2.45) is 0 Å². The molecule has 0 fully saturated rings. The Morgan fingerprint density at radius 3 is 2.43 bits per heavy atom. The summed E-state index contributed by atoms with van der Waals surface area (Å²) < 4.78 is 0. The van der Waals surface area contributed by atoms with Crippen molar-refractivity contribution in [2.75, 3.05) is 5.32 Å². The number of carbonyl (C=O) groups is 2. The smallest absolute Gasteiger partial charge is 0.339 e. The fraction of sp³-hybridized carbons (Fsp3) is 0.0667. The van der Waals surface area contributed by atoms with Crippen LogP contribution in [-0.2, 0) is 0 Å². The van der Waals surface area contributed by atoms with Crippen molar-refractivity contribution in [1.29, 1.82) is 0 Å². The van der Waals surface area contributed by atoms with Gasteiger partial charge in [-0.25, -0.2) is 4.79 Å². The molecule has 2 aromatic carbocycles. The summed E-state index contributed by atoms with van der Waals surface area (Å²) in [4.78, 5) is 23.5. The maximum absolute atomic E-state index is 12.2. The molecule has 4 nitrogen and oxygen atoms in total. The van der Waals surface area contributed by atoms with Crippen LogP contribution in [0.4, 0.5) is 5.69 Å². The Kier molecular flexibility index (Phi) is 4.50. The molecule has 0 aliphatic heterocycles. The SMILES string of the molecule is Cc1cccc(C(=O)Nc2cccc(Cl)c2C(=O)O)c1Cl. The Balaban J connectivity index is 2.39. The first-order valence-electron chi connectivity index (χ1n) is 6.00. The van der Waals surface area contributed by atoms with E-state index in [2.05, 4.69) is 5.32 Å². The van der Waals surface area contributed by atoms with Crippen molar-refractivity contribution in [2.45, 2.75) is 6.92 Å². The molecule has 2 N–H and O–H groups in total. The summed E-state index contributed by atoms with van der Waals surface area (Å²) in [5.74, 6) is -1.71. The van der Waals surface area contributed by atoms with Crippen LogP contribution in [0.1, 0.15) is 26.3 Å².